The van der Waals surface area contributed by atoms with Crippen LogP contribution in [0, 0.1) is 6.92 Å². The molecule has 5 nitrogen and oxygen atoms in total. The second kappa shape index (κ2) is 7.61. The molecule has 5 heteroatoms. The lowest BCUT2D eigenvalue weighted by molar-refractivity contribution is -0.136. The summed E-state index contributed by atoms with van der Waals surface area (Å²) in [7, 11) is 0. The van der Waals surface area contributed by atoms with Gasteiger partial charge in [-0.05, 0) is 48.4 Å². The van der Waals surface area contributed by atoms with Crippen molar-refractivity contribution in [2.45, 2.75) is 13.8 Å². The summed E-state index contributed by atoms with van der Waals surface area (Å²) >= 11 is 0. The molecule has 0 atom stereocenters. The van der Waals surface area contributed by atoms with Crippen molar-refractivity contribution in [1.82, 2.24) is 5.43 Å². The van der Waals surface area contributed by atoms with Crippen molar-refractivity contribution >= 4 is 34.0 Å². The van der Waals surface area contributed by atoms with Crippen molar-refractivity contribution in [2.75, 3.05) is 5.32 Å². The molecule has 0 spiro atoms. The van der Waals surface area contributed by atoms with Gasteiger partial charge in [-0.3, -0.25) is 9.59 Å². The minimum atomic E-state index is -0.814. The number of nitrogens with zero attached hydrogens (tertiary/aromatic N) is 1. The SMILES string of the molecule is C/C(=N/NC(=O)C(=O)Nc1ccc(C)cc1)c1ccc2ccccc2c1. The molecule has 0 aliphatic carbocycles. The van der Waals surface area contributed by atoms with Crippen LogP contribution in [0.1, 0.15) is 18.1 Å². The number of benzene rings is 3. The summed E-state index contributed by atoms with van der Waals surface area (Å²) < 4.78 is 0. The van der Waals surface area contributed by atoms with Crippen LogP contribution in [-0.2, 0) is 9.59 Å². The molecule has 0 saturated heterocycles. The van der Waals surface area contributed by atoms with Gasteiger partial charge in [0.05, 0.1) is 5.71 Å². The zero-order valence-electron chi connectivity index (χ0n) is 14.6. The molecule has 0 radical (unpaired) electrons. The standard InChI is InChI=1S/C21H19N3O2/c1-14-7-11-19(12-8-14)22-20(25)21(26)24-23-15(2)17-10-9-16-5-3-4-6-18(16)13-17/h3-13H,1-2H3,(H,22,25)(H,24,26)/b23-15-. The summed E-state index contributed by atoms with van der Waals surface area (Å²) in [5.74, 6) is -1.57. The molecule has 0 heterocycles. The molecule has 0 bridgehead atoms. The Morgan fingerprint density at radius 2 is 1.54 bits per heavy atom. The first kappa shape index (κ1) is 17.4. The van der Waals surface area contributed by atoms with Gasteiger partial charge in [0.15, 0.2) is 0 Å². The van der Waals surface area contributed by atoms with E-state index in [4.69, 9.17) is 0 Å². The number of aryl methyl sites for hydroxylation is 1. The lowest BCUT2D eigenvalue weighted by Crippen LogP contribution is -2.32. The van der Waals surface area contributed by atoms with Crippen LogP contribution in [0.4, 0.5) is 5.69 Å². The van der Waals surface area contributed by atoms with Gasteiger partial charge in [0.1, 0.15) is 0 Å². The minimum Gasteiger partial charge on any atom is -0.318 e. The van der Waals surface area contributed by atoms with E-state index in [0.717, 1.165) is 21.9 Å². The second-order valence-electron chi connectivity index (χ2n) is 6.02. The number of carbonyl (C=O) groups excluding carboxylic acids is 2. The topological polar surface area (TPSA) is 70.6 Å². The van der Waals surface area contributed by atoms with E-state index in [1.54, 1.807) is 19.1 Å². The van der Waals surface area contributed by atoms with Gasteiger partial charge in [-0.2, -0.15) is 5.10 Å². The first-order valence-electron chi connectivity index (χ1n) is 8.24. The fourth-order valence-electron chi connectivity index (χ4n) is 2.49. The largest absolute Gasteiger partial charge is 0.329 e. The Hall–Kier alpha value is -3.47. The molecule has 0 aliphatic rings. The van der Waals surface area contributed by atoms with Gasteiger partial charge in [0.25, 0.3) is 0 Å². The first-order valence-corrected chi connectivity index (χ1v) is 8.24. The number of hydrogen-bond donors (Lipinski definition) is 2. The van der Waals surface area contributed by atoms with E-state index in [1.807, 2.05) is 61.5 Å². The van der Waals surface area contributed by atoms with Gasteiger partial charge in [-0.1, -0.05) is 54.1 Å². The van der Waals surface area contributed by atoms with E-state index in [0.29, 0.717) is 11.4 Å². The zero-order chi connectivity index (χ0) is 18.5. The molecule has 2 amide bonds. The van der Waals surface area contributed by atoms with Crippen LogP contribution < -0.4 is 10.7 Å². The van der Waals surface area contributed by atoms with Crippen LogP contribution in [0.15, 0.2) is 71.8 Å². The van der Waals surface area contributed by atoms with Crippen molar-refractivity contribution in [1.29, 1.82) is 0 Å². The van der Waals surface area contributed by atoms with Crippen LogP contribution in [0.5, 0.6) is 0 Å². The molecular weight excluding hydrogens is 326 g/mol. The van der Waals surface area contributed by atoms with E-state index < -0.39 is 11.8 Å². The Labute approximate surface area is 151 Å². The molecule has 130 valence electrons. The summed E-state index contributed by atoms with van der Waals surface area (Å²) in [6.45, 7) is 3.73. The average Bonchev–Trinajstić information content (AvgIpc) is 2.67. The first-order chi connectivity index (χ1) is 12.5. The van der Waals surface area contributed by atoms with Gasteiger partial charge >= 0.3 is 11.8 Å². The van der Waals surface area contributed by atoms with E-state index in [-0.39, 0.29) is 0 Å². The van der Waals surface area contributed by atoms with Gasteiger partial charge in [0, 0.05) is 5.69 Å². The fraction of sp³-hybridized carbons (Fsp3) is 0.0952. The predicted octanol–water partition coefficient (Wildman–Crippen LogP) is 3.63. The summed E-state index contributed by atoms with van der Waals surface area (Å²) in [5, 5.41) is 8.79. The number of fused-ring (bicyclic) bond motifs is 1. The highest BCUT2D eigenvalue weighted by molar-refractivity contribution is 6.39. The van der Waals surface area contributed by atoms with Crippen molar-refractivity contribution < 1.29 is 9.59 Å². The van der Waals surface area contributed by atoms with Crippen molar-refractivity contribution in [3.8, 4) is 0 Å². The maximum absolute atomic E-state index is 11.9. The third-order valence-electron chi connectivity index (χ3n) is 4.01. The summed E-state index contributed by atoms with van der Waals surface area (Å²) in [6.07, 6.45) is 0. The zero-order valence-corrected chi connectivity index (χ0v) is 14.6. The average molecular weight is 345 g/mol. The maximum atomic E-state index is 11.9. The molecule has 0 fully saturated rings. The highest BCUT2D eigenvalue weighted by atomic mass is 16.2. The van der Waals surface area contributed by atoms with Gasteiger partial charge in [-0.15, -0.1) is 0 Å². The van der Waals surface area contributed by atoms with E-state index in [1.165, 1.54) is 0 Å². The molecule has 2 N–H and O–H groups in total. The molecule has 0 aromatic heterocycles. The summed E-state index contributed by atoms with van der Waals surface area (Å²) in [6, 6.07) is 21.1. The van der Waals surface area contributed by atoms with Crippen molar-refractivity contribution in [3.63, 3.8) is 0 Å². The Kier molecular flexibility index (Phi) is 5.08. The molecule has 26 heavy (non-hydrogen) atoms. The molecule has 3 aromatic rings. The van der Waals surface area contributed by atoms with Gasteiger partial charge < -0.3 is 5.32 Å². The highest BCUT2D eigenvalue weighted by Crippen LogP contribution is 2.16. The minimum absolute atomic E-state index is 0.561. The normalized spacial score (nSPS) is 11.2. The molecule has 0 saturated carbocycles. The van der Waals surface area contributed by atoms with Crippen LogP contribution in [0.3, 0.4) is 0 Å². The number of nitrogens with one attached hydrogen (secondary N) is 2. The number of anilines is 1. The Balaban J connectivity index is 1.66. The van der Waals surface area contributed by atoms with E-state index in [2.05, 4.69) is 15.8 Å². The van der Waals surface area contributed by atoms with Crippen LogP contribution >= 0.6 is 0 Å². The van der Waals surface area contributed by atoms with E-state index in [9.17, 15) is 9.59 Å². The molecule has 0 aliphatic heterocycles. The smallest absolute Gasteiger partial charge is 0.318 e. The lowest BCUT2D eigenvalue weighted by atomic mass is 10.0. The summed E-state index contributed by atoms with van der Waals surface area (Å²) in [4.78, 5) is 23.9. The third-order valence-corrected chi connectivity index (χ3v) is 4.01. The van der Waals surface area contributed by atoms with Gasteiger partial charge in [-0.25, -0.2) is 5.43 Å². The number of hydrogen-bond acceptors (Lipinski definition) is 3. The van der Waals surface area contributed by atoms with Crippen molar-refractivity contribution in [3.05, 3.63) is 77.9 Å². The number of rotatable bonds is 3. The Morgan fingerprint density at radius 1 is 0.846 bits per heavy atom. The molecule has 3 rings (SSSR count). The van der Waals surface area contributed by atoms with E-state index >= 15 is 0 Å². The molecule has 3 aromatic carbocycles. The predicted molar refractivity (Wildman–Crippen MR) is 104 cm³/mol. The summed E-state index contributed by atoms with van der Waals surface area (Å²) in [5.41, 5.74) is 5.43. The molecular formula is C21H19N3O2. The maximum Gasteiger partial charge on any atom is 0.329 e. The number of carbonyl (C=O) groups is 2. The number of hydrazone groups is 1. The molecule has 0 unspecified atom stereocenters. The quantitative estimate of drug-likeness (QED) is 0.432. The highest BCUT2D eigenvalue weighted by Gasteiger charge is 2.13. The monoisotopic (exact) mass is 345 g/mol. The van der Waals surface area contributed by atoms with Crippen LogP contribution in [-0.4, -0.2) is 17.5 Å². The van der Waals surface area contributed by atoms with Gasteiger partial charge in [0.2, 0.25) is 0 Å². The van der Waals surface area contributed by atoms with Crippen LogP contribution in [0.2, 0.25) is 0 Å². The van der Waals surface area contributed by atoms with Crippen LogP contribution in [0.25, 0.3) is 10.8 Å². The second-order valence-corrected chi connectivity index (χ2v) is 6.02. The van der Waals surface area contributed by atoms with Crippen molar-refractivity contribution in [2.24, 2.45) is 5.10 Å². The lowest BCUT2D eigenvalue weighted by Gasteiger charge is -2.06. The Bertz CT molecular complexity index is 992. The fourth-order valence-corrected chi connectivity index (χ4v) is 2.49. The number of amides is 2. The third kappa shape index (κ3) is 4.13. The Morgan fingerprint density at radius 3 is 2.27 bits per heavy atom.